The number of hydrogen-bond acceptors (Lipinski definition) is 6. The topological polar surface area (TPSA) is 142 Å². The predicted molar refractivity (Wildman–Crippen MR) is 131 cm³/mol. The Labute approximate surface area is 196 Å². The molecule has 0 aliphatic rings. The monoisotopic (exact) mass is 452 g/mol. The number of aliphatic imine (C=N–C) groups is 1. The van der Waals surface area contributed by atoms with Gasteiger partial charge < -0.3 is 11.5 Å². The van der Waals surface area contributed by atoms with Gasteiger partial charge in [0.05, 0.1) is 11.1 Å². The Morgan fingerprint density at radius 1 is 1.18 bits per heavy atom. The third-order valence-corrected chi connectivity index (χ3v) is 4.98. The molecule has 0 spiro atoms. The minimum absolute atomic E-state index is 0.168. The molecule has 0 saturated heterocycles. The SMILES string of the molecule is C=N/C=C(C#N)\C=C(/Cc1ccc(-c2cnc(N)c(C(=N)N)c2)cc1)C(=O)c1ccc(F)cc1. The summed E-state index contributed by atoms with van der Waals surface area (Å²) in [4.78, 5) is 20.8. The summed E-state index contributed by atoms with van der Waals surface area (Å²) in [7, 11) is 0. The number of anilines is 1. The van der Waals surface area contributed by atoms with Gasteiger partial charge in [0, 0.05) is 35.5 Å². The van der Waals surface area contributed by atoms with Crippen LogP contribution in [-0.2, 0) is 6.42 Å². The van der Waals surface area contributed by atoms with Crippen molar-refractivity contribution in [1.82, 2.24) is 4.98 Å². The summed E-state index contributed by atoms with van der Waals surface area (Å²) in [5, 5.41) is 17.0. The molecule has 0 bridgehead atoms. The molecule has 0 atom stereocenters. The predicted octanol–water partition coefficient (Wildman–Crippen LogP) is 4.21. The molecule has 0 aliphatic carbocycles. The zero-order valence-electron chi connectivity index (χ0n) is 18.1. The lowest BCUT2D eigenvalue weighted by Gasteiger charge is -2.10. The van der Waals surface area contributed by atoms with Gasteiger partial charge in [0.15, 0.2) is 5.78 Å². The maximum absolute atomic E-state index is 13.3. The molecule has 0 amide bonds. The van der Waals surface area contributed by atoms with Crippen molar-refractivity contribution >= 4 is 24.2 Å². The van der Waals surface area contributed by atoms with E-state index in [9.17, 15) is 14.4 Å². The fraction of sp³-hybridized carbons (Fsp3) is 0.0385. The van der Waals surface area contributed by atoms with Crippen LogP contribution in [0.25, 0.3) is 11.1 Å². The highest BCUT2D eigenvalue weighted by Crippen LogP contribution is 2.24. The Kier molecular flexibility index (Phi) is 7.41. The molecule has 0 fully saturated rings. The fourth-order valence-corrected chi connectivity index (χ4v) is 3.25. The number of Topliss-reactive ketones (excluding diaryl/α,β-unsaturated/α-hetero) is 1. The van der Waals surface area contributed by atoms with Gasteiger partial charge in [0.1, 0.15) is 23.5 Å². The fourth-order valence-electron chi connectivity index (χ4n) is 3.25. The van der Waals surface area contributed by atoms with E-state index in [-0.39, 0.29) is 29.4 Å². The summed E-state index contributed by atoms with van der Waals surface area (Å²) in [6, 6.07) is 16.3. The van der Waals surface area contributed by atoms with Gasteiger partial charge in [-0.15, -0.1) is 0 Å². The summed E-state index contributed by atoms with van der Waals surface area (Å²) < 4.78 is 13.3. The van der Waals surface area contributed by atoms with Crippen LogP contribution >= 0.6 is 0 Å². The minimum atomic E-state index is -0.448. The second-order valence-electron chi connectivity index (χ2n) is 7.33. The highest BCUT2D eigenvalue weighted by atomic mass is 19.1. The first-order valence-electron chi connectivity index (χ1n) is 10.1. The first kappa shape index (κ1) is 23.8. The average Bonchev–Trinajstić information content (AvgIpc) is 2.84. The van der Waals surface area contributed by atoms with E-state index in [1.807, 2.05) is 30.3 Å². The second kappa shape index (κ2) is 10.6. The van der Waals surface area contributed by atoms with Crippen molar-refractivity contribution in [3.63, 3.8) is 0 Å². The number of rotatable bonds is 8. The number of nitrogens with one attached hydrogen (secondary N) is 1. The molecule has 1 heterocycles. The number of nitriles is 1. The molecule has 5 N–H and O–H groups in total. The minimum Gasteiger partial charge on any atom is -0.384 e. The Bertz CT molecular complexity index is 1350. The smallest absolute Gasteiger partial charge is 0.189 e. The van der Waals surface area contributed by atoms with E-state index in [0.717, 1.165) is 16.7 Å². The largest absolute Gasteiger partial charge is 0.384 e. The Balaban J connectivity index is 1.94. The van der Waals surface area contributed by atoms with Crippen molar-refractivity contribution in [3.05, 3.63) is 107 Å². The maximum atomic E-state index is 13.3. The van der Waals surface area contributed by atoms with Crippen molar-refractivity contribution in [2.75, 3.05) is 5.73 Å². The number of carbonyl (C=O) groups excluding carboxylic acids is 1. The third-order valence-electron chi connectivity index (χ3n) is 4.98. The van der Waals surface area contributed by atoms with Gasteiger partial charge in [-0.25, -0.2) is 9.37 Å². The van der Waals surface area contributed by atoms with E-state index in [1.165, 1.54) is 36.5 Å². The number of amidine groups is 1. The lowest BCUT2D eigenvalue weighted by atomic mass is 9.94. The summed E-state index contributed by atoms with van der Waals surface area (Å²) in [6.07, 6.45) is 4.54. The van der Waals surface area contributed by atoms with Gasteiger partial charge in [-0.3, -0.25) is 15.2 Å². The molecule has 8 heteroatoms. The van der Waals surface area contributed by atoms with Crippen molar-refractivity contribution in [2.45, 2.75) is 6.42 Å². The number of halogens is 1. The number of nitrogens with zero attached hydrogens (tertiary/aromatic N) is 3. The summed E-state index contributed by atoms with van der Waals surface area (Å²) >= 11 is 0. The molecule has 3 rings (SSSR count). The average molecular weight is 452 g/mol. The molecule has 34 heavy (non-hydrogen) atoms. The van der Waals surface area contributed by atoms with E-state index in [1.54, 1.807) is 12.3 Å². The lowest BCUT2D eigenvalue weighted by Crippen LogP contribution is -2.14. The molecular weight excluding hydrogens is 431 g/mol. The Hall–Kier alpha value is -4.90. The van der Waals surface area contributed by atoms with Crippen LogP contribution in [0.2, 0.25) is 0 Å². The van der Waals surface area contributed by atoms with Crippen molar-refractivity contribution in [3.8, 4) is 17.2 Å². The number of carbonyl (C=O) groups is 1. The third kappa shape index (κ3) is 5.66. The highest BCUT2D eigenvalue weighted by Gasteiger charge is 2.15. The van der Waals surface area contributed by atoms with E-state index < -0.39 is 5.82 Å². The zero-order valence-corrected chi connectivity index (χ0v) is 18.1. The van der Waals surface area contributed by atoms with E-state index in [2.05, 4.69) is 16.7 Å². The summed E-state index contributed by atoms with van der Waals surface area (Å²) in [5.41, 5.74) is 14.9. The highest BCUT2D eigenvalue weighted by molar-refractivity contribution is 6.09. The van der Waals surface area contributed by atoms with E-state index in [4.69, 9.17) is 16.9 Å². The number of pyridine rings is 1. The molecule has 1 aromatic heterocycles. The van der Waals surface area contributed by atoms with E-state index in [0.29, 0.717) is 16.7 Å². The Morgan fingerprint density at radius 2 is 1.85 bits per heavy atom. The van der Waals surface area contributed by atoms with Gasteiger partial charge in [-0.1, -0.05) is 24.3 Å². The van der Waals surface area contributed by atoms with Gasteiger partial charge in [0.25, 0.3) is 0 Å². The normalized spacial score (nSPS) is 11.5. The van der Waals surface area contributed by atoms with Crippen molar-refractivity contribution in [2.24, 2.45) is 10.7 Å². The molecule has 0 aliphatic heterocycles. The van der Waals surface area contributed by atoms with Crippen LogP contribution in [0.4, 0.5) is 10.2 Å². The summed E-state index contributed by atoms with van der Waals surface area (Å²) in [5.74, 6) is -0.774. The van der Waals surface area contributed by atoms with Crippen LogP contribution in [0, 0.1) is 22.6 Å². The maximum Gasteiger partial charge on any atom is 0.189 e. The van der Waals surface area contributed by atoms with Gasteiger partial charge in [-0.05, 0) is 54.3 Å². The first-order chi connectivity index (χ1) is 16.3. The number of benzene rings is 2. The number of nitrogens with two attached hydrogens (primary N) is 2. The number of aromatic nitrogens is 1. The van der Waals surface area contributed by atoms with Crippen molar-refractivity contribution in [1.29, 1.82) is 10.7 Å². The molecular formula is C26H21FN6O. The number of hydrogen-bond donors (Lipinski definition) is 3. The number of ketones is 1. The molecule has 0 unspecified atom stereocenters. The van der Waals surface area contributed by atoms with Crippen LogP contribution in [0.3, 0.4) is 0 Å². The lowest BCUT2D eigenvalue weighted by molar-refractivity contribution is 0.103. The van der Waals surface area contributed by atoms with Gasteiger partial charge in [-0.2, -0.15) is 5.26 Å². The molecule has 3 aromatic rings. The molecule has 0 saturated carbocycles. The molecule has 0 radical (unpaired) electrons. The van der Waals surface area contributed by atoms with Gasteiger partial charge >= 0.3 is 0 Å². The Morgan fingerprint density at radius 3 is 2.44 bits per heavy atom. The number of nitrogen functional groups attached to an aromatic ring is 2. The molecule has 7 nitrogen and oxygen atoms in total. The van der Waals surface area contributed by atoms with Crippen LogP contribution < -0.4 is 11.5 Å². The van der Waals surface area contributed by atoms with E-state index >= 15 is 0 Å². The van der Waals surface area contributed by atoms with Crippen molar-refractivity contribution < 1.29 is 9.18 Å². The van der Waals surface area contributed by atoms with Crippen LogP contribution in [-0.4, -0.2) is 23.3 Å². The van der Waals surface area contributed by atoms with Crippen LogP contribution in [0.5, 0.6) is 0 Å². The quantitative estimate of drug-likeness (QED) is 0.117. The number of allylic oxidation sites excluding steroid dienone is 3. The standard InChI is InChI=1S/C26H21FN6O/c1-32-14-17(13-28)11-20(24(34)19-6-8-22(27)9-7-19)10-16-2-4-18(5-3-16)21-12-23(25(29)30)26(31)33-15-21/h2-9,11-12,14-15H,1,10H2,(H3,29,30)(H2,31,33)/b17-14+,20-11+. The second-order valence-corrected chi connectivity index (χ2v) is 7.33. The molecule has 168 valence electrons. The van der Waals surface area contributed by atoms with Gasteiger partial charge in [0.2, 0.25) is 0 Å². The van der Waals surface area contributed by atoms with Crippen LogP contribution in [0.15, 0.2) is 89.2 Å². The zero-order chi connectivity index (χ0) is 24.7. The molecule has 2 aromatic carbocycles. The van der Waals surface area contributed by atoms with Crippen LogP contribution in [0.1, 0.15) is 21.5 Å². The summed E-state index contributed by atoms with van der Waals surface area (Å²) in [6.45, 7) is 3.35. The first-order valence-corrected chi connectivity index (χ1v) is 10.1.